The van der Waals surface area contributed by atoms with Gasteiger partial charge < -0.3 is 0 Å². The van der Waals surface area contributed by atoms with Crippen molar-refractivity contribution < 1.29 is 4.79 Å². The van der Waals surface area contributed by atoms with Crippen LogP contribution < -0.4 is 0 Å². The highest BCUT2D eigenvalue weighted by Gasteiger charge is 2.51. The summed E-state index contributed by atoms with van der Waals surface area (Å²) < 4.78 is 0. The summed E-state index contributed by atoms with van der Waals surface area (Å²) in [5, 5.41) is 0. The molecule has 1 fully saturated rings. The molecule has 1 aliphatic heterocycles. The molecule has 0 bridgehead atoms. The summed E-state index contributed by atoms with van der Waals surface area (Å²) in [6.45, 7) is 3.00. The number of nitrogens with zero attached hydrogens (tertiary/aromatic N) is 1. The molecule has 3 atom stereocenters. The van der Waals surface area contributed by atoms with E-state index in [0.717, 1.165) is 17.7 Å². The molecule has 0 spiro atoms. The lowest BCUT2D eigenvalue weighted by molar-refractivity contribution is 0.0974. The first-order valence-electron chi connectivity index (χ1n) is 8.80. The highest BCUT2D eigenvalue weighted by atomic mass is 16.1. The molecule has 0 aromatic heterocycles. The Balaban J connectivity index is 1.55. The van der Waals surface area contributed by atoms with E-state index in [1.807, 2.05) is 60.7 Å². The Bertz CT molecular complexity index is 856. The van der Waals surface area contributed by atoms with Gasteiger partial charge >= 0.3 is 0 Å². The zero-order valence-corrected chi connectivity index (χ0v) is 14.3. The van der Waals surface area contributed by atoms with Crippen molar-refractivity contribution in [3.63, 3.8) is 0 Å². The average Bonchev–Trinajstić information content (AvgIpc) is 3.43. The lowest BCUT2D eigenvalue weighted by Gasteiger charge is -2.04. The Labute approximate surface area is 148 Å². The molecule has 1 aliphatic rings. The second-order valence-electron chi connectivity index (χ2n) is 6.44. The van der Waals surface area contributed by atoms with Crippen LogP contribution in [0.5, 0.6) is 0 Å². The highest BCUT2D eigenvalue weighted by Crippen LogP contribution is 2.44. The molecule has 124 valence electrons. The van der Waals surface area contributed by atoms with Gasteiger partial charge in [-0.05, 0) is 23.2 Å². The molecule has 1 heterocycles. The Hall–Kier alpha value is -2.71. The lowest BCUT2D eigenvalue weighted by Crippen LogP contribution is -2.13. The van der Waals surface area contributed by atoms with Crippen molar-refractivity contribution in [1.29, 1.82) is 0 Å². The predicted molar refractivity (Wildman–Crippen MR) is 102 cm³/mol. The number of hydrogen-bond acceptors (Lipinski definition) is 2. The summed E-state index contributed by atoms with van der Waals surface area (Å²) in [5.74, 6) is 0.218. The highest BCUT2D eigenvalue weighted by molar-refractivity contribution is 6.03. The van der Waals surface area contributed by atoms with Gasteiger partial charge in [0.15, 0.2) is 5.78 Å². The van der Waals surface area contributed by atoms with Gasteiger partial charge in [0.05, 0.1) is 12.1 Å². The summed E-state index contributed by atoms with van der Waals surface area (Å²) in [6.07, 6.45) is 0. The predicted octanol–water partition coefficient (Wildman–Crippen LogP) is 4.98. The molecule has 2 nitrogen and oxygen atoms in total. The quantitative estimate of drug-likeness (QED) is 0.486. The fourth-order valence-corrected chi connectivity index (χ4v) is 3.62. The van der Waals surface area contributed by atoms with E-state index >= 15 is 0 Å². The van der Waals surface area contributed by atoms with Gasteiger partial charge in [0.2, 0.25) is 0 Å². The van der Waals surface area contributed by atoms with Crippen molar-refractivity contribution >= 4 is 5.78 Å². The van der Waals surface area contributed by atoms with Gasteiger partial charge in [-0.25, -0.2) is 0 Å². The molecule has 3 aromatic carbocycles. The first kappa shape index (κ1) is 15.8. The second-order valence-corrected chi connectivity index (χ2v) is 6.44. The Morgan fingerprint density at radius 3 is 1.96 bits per heavy atom. The molecule has 4 rings (SSSR count). The van der Waals surface area contributed by atoms with Crippen LogP contribution in [-0.2, 0) is 0 Å². The van der Waals surface area contributed by atoms with E-state index in [1.54, 1.807) is 0 Å². The maximum absolute atomic E-state index is 13.0. The minimum Gasteiger partial charge on any atom is -0.292 e. The molecule has 1 saturated heterocycles. The molecule has 1 unspecified atom stereocenters. The third-order valence-electron chi connectivity index (χ3n) is 4.98. The third kappa shape index (κ3) is 3.01. The van der Waals surface area contributed by atoms with E-state index in [2.05, 4.69) is 36.1 Å². The van der Waals surface area contributed by atoms with Gasteiger partial charge in [0.1, 0.15) is 0 Å². The minimum absolute atomic E-state index is 0.0324. The number of ketones is 1. The van der Waals surface area contributed by atoms with Gasteiger partial charge in [0, 0.05) is 5.56 Å². The van der Waals surface area contributed by atoms with Crippen LogP contribution in [0.4, 0.5) is 0 Å². The fourth-order valence-electron chi connectivity index (χ4n) is 3.62. The Morgan fingerprint density at radius 2 is 1.36 bits per heavy atom. The summed E-state index contributed by atoms with van der Waals surface area (Å²) in [6, 6.07) is 28.7. The number of rotatable bonds is 5. The molecular formula is C23H21NO. The van der Waals surface area contributed by atoms with E-state index < -0.39 is 0 Å². The number of likely N-dealkylation sites (N-methyl/N-ethyl adjacent to an activating group) is 1. The fraction of sp³-hybridized carbons (Fsp3) is 0.174. The Morgan fingerprint density at radius 1 is 0.800 bits per heavy atom. The molecule has 25 heavy (non-hydrogen) atoms. The number of carbonyl (C=O) groups is 1. The standard InChI is InChI=1S/C23H21NO/c1-2-24-21(19-11-7-4-8-12-19)22(24)23(25)20-15-13-18(14-16-20)17-9-5-3-6-10-17/h3-16,21-22H,2H2,1H3/t21-,22-,24?/m0/s1. The van der Waals surface area contributed by atoms with Crippen molar-refractivity contribution in [2.45, 2.75) is 19.0 Å². The first-order chi connectivity index (χ1) is 12.3. The van der Waals surface area contributed by atoms with E-state index in [1.165, 1.54) is 11.1 Å². The van der Waals surface area contributed by atoms with Crippen LogP contribution in [0.25, 0.3) is 11.1 Å². The summed E-state index contributed by atoms with van der Waals surface area (Å²) in [7, 11) is 0. The van der Waals surface area contributed by atoms with Gasteiger partial charge in [-0.1, -0.05) is 91.9 Å². The number of Topliss-reactive ketones (excluding diaryl/α,β-unsaturated/α-hetero) is 1. The van der Waals surface area contributed by atoms with Crippen LogP contribution in [-0.4, -0.2) is 23.3 Å². The zero-order valence-electron chi connectivity index (χ0n) is 14.3. The van der Waals surface area contributed by atoms with E-state index in [0.29, 0.717) is 0 Å². The molecular weight excluding hydrogens is 306 g/mol. The van der Waals surface area contributed by atoms with Gasteiger partial charge in [-0.3, -0.25) is 9.69 Å². The normalized spacial score (nSPS) is 21.7. The van der Waals surface area contributed by atoms with Crippen molar-refractivity contribution in [1.82, 2.24) is 4.90 Å². The smallest absolute Gasteiger partial charge is 0.181 e. The lowest BCUT2D eigenvalue weighted by atomic mass is 9.99. The molecule has 0 saturated carbocycles. The van der Waals surface area contributed by atoms with Crippen LogP contribution in [0.2, 0.25) is 0 Å². The van der Waals surface area contributed by atoms with E-state index in [4.69, 9.17) is 0 Å². The van der Waals surface area contributed by atoms with E-state index in [9.17, 15) is 4.79 Å². The average molecular weight is 327 g/mol. The van der Waals surface area contributed by atoms with E-state index in [-0.39, 0.29) is 17.9 Å². The van der Waals surface area contributed by atoms with Crippen LogP contribution in [0.15, 0.2) is 84.9 Å². The molecule has 0 N–H and O–H groups in total. The van der Waals surface area contributed by atoms with Gasteiger partial charge in [-0.2, -0.15) is 0 Å². The van der Waals surface area contributed by atoms with Crippen molar-refractivity contribution in [3.8, 4) is 11.1 Å². The largest absolute Gasteiger partial charge is 0.292 e. The molecule has 0 aliphatic carbocycles. The summed E-state index contributed by atoms with van der Waals surface area (Å²) in [5.41, 5.74) is 4.33. The number of benzene rings is 3. The van der Waals surface area contributed by atoms with Gasteiger partial charge in [-0.15, -0.1) is 0 Å². The van der Waals surface area contributed by atoms with Crippen LogP contribution in [0, 0.1) is 0 Å². The topological polar surface area (TPSA) is 20.1 Å². The number of hydrogen-bond donors (Lipinski definition) is 0. The maximum Gasteiger partial charge on any atom is 0.181 e. The molecule has 2 heteroatoms. The molecule has 0 amide bonds. The van der Waals surface area contributed by atoms with Crippen LogP contribution in [0.1, 0.15) is 28.9 Å². The van der Waals surface area contributed by atoms with Crippen LogP contribution in [0.3, 0.4) is 0 Å². The monoisotopic (exact) mass is 327 g/mol. The first-order valence-corrected chi connectivity index (χ1v) is 8.80. The minimum atomic E-state index is -0.0324. The maximum atomic E-state index is 13.0. The SMILES string of the molecule is CCN1[C@H](C(=O)c2ccc(-c3ccccc3)cc2)[C@@H]1c1ccccc1. The molecule has 3 aromatic rings. The van der Waals surface area contributed by atoms with Crippen molar-refractivity contribution in [2.75, 3.05) is 6.54 Å². The number of carbonyl (C=O) groups excluding carboxylic acids is 1. The summed E-state index contributed by atoms with van der Waals surface area (Å²) in [4.78, 5) is 15.2. The second kappa shape index (κ2) is 6.66. The van der Waals surface area contributed by atoms with Crippen molar-refractivity contribution in [2.24, 2.45) is 0 Å². The van der Waals surface area contributed by atoms with Gasteiger partial charge in [0.25, 0.3) is 0 Å². The zero-order chi connectivity index (χ0) is 17.2. The van der Waals surface area contributed by atoms with Crippen molar-refractivity contribution in [3.05, 3.63) is 96.1 Å². The Kier molecular flexibility index (Phi) is 4.21. The summed E-state index contributed by atoms with van der Waals surface area (Å²) >= 11 is 0. The molecule has 0 radical (unpaired) electrons. The van der Waals surface area contributed by atoms with Crippen LogP contribution >= 0.6 is 0 Å². The third-order valence-corrected chi connectivity index (χ3v) is 4.98.